The fourth-order valence-electron chi connectivity index (χ4n) is 1.68. The molecule has 0 aliphatic heterocycles. The summed E-state index contributed by atoms with van der Waals surface area (Å²) in [6.45, 7) is 0.264. The zero-order chi connectivity index (χ0) is 14.5. The SMILES string of the molecule is O=C(NCc1cn(-c2ccncc2)nn1)c1cnccn1. The van der Waals surface area contributed by atoms with E-state index in [4.69, 9.17) is 0 Å². The van der Waals surface area contributed by atoms with Crippen molar-refractivity contribution in [3.8, 4) is 5.69 Å². The molecule has 0 saturated carbocycles. The molecule has 1 N–H and O–H groups in total. The number of hydrogen-bond donors (Lipinski definition) is 1. The molecule has 8 nitrogen and oxygen atoms in total. The maximum Gasteiger partial charge on any atom is 0.271 e. The van der Waals surface area contributed by atoms with E-state index in [0.29, 0.717) is 5.69 Å². The highest BCUT2D eigenvalue weighted by molar-refractivity contribution is 5.91. The molecule has 0 bridgehead atoms. The van der Waals surface area contributed by atoms with Crippen LogP contribution in [-0.4, -0.2) is 35.9 Å². The van der Waals surface area contributed by atoms with Gasteiger partial charge in [-0.1, -0.05) is 5.21 Å². The minimum Gasteiger partial charge on any atom is -0.345 e. The van der Waals surface area contributed by atoms with E-state index in [0.717, 1.165) is 5.69 Å². The maximum atomic E-state index is 11.8. The van der Waals surface area contributed by atoms with E-state index in [-0.39, 0.29) is 18.1 Å². The van der Waals surface area contributed by atoms with Crippen LogP contribution in [0.4, 0.5) is 0 Å². The van der Waals surface area contributed by atoms with Crippen molar-refractivity contribution in [3.63, 3.8) is 0 Å². The number of carbonyl (C=O) groups excluding carboxylic acids is 1. The molecule has 0 saturated heterocycles. The summed E-state index contributed by atoms with van der Waals surface area (Å²) in [5.74, 6) is -0.304. The second kappa shape index (κ2) is 5.87. The first-order valence-corrected chi connectivity index (χ1v) is 6.19. The number of nitrogens with one attached hydrogen (secondary N) is 1. The fraction of sp³-hybridized carbons (Fsp3) is 0.0769. The first kappa shape index (κ1) is 12.9. The topological polar surface area (TPSA) is 98.5 Å². The van der Waals surface area contributed by atoms with Gasteiger partial charge in [0.15, 0.2) is 0 Å². The highest BCUT2D eigenvalue weighted by atomic mass is 16.1. The summed E-state index contributed by atoms with van der Waals surface area (Å²) < 4.78 is 1.62. The monoisotopic (exact) mass is 281 g/mol. The summed E-state index contributed by atoms with van der Waals surface area (Å²) >= 11 is 0. The Morgan fingerprint density at radius 1 is 1.14 bits per heavy atom. The van der Waals surface area contributed by atoms with Crippen LogP contribution in [0.1, 0.15) is 16.2 Å². The van der Waals surface area contributed by atoms with Crippen LogP contribution in [-0.2, 0) is 6.54 Å². The van der Waals surface area contributed by atoms with Gasteiger partial charge in [-0.3, -0.25) is 14.8 Å². The molecule has 0 radical (unpaired) electrons. The van der Waals surface area contributed by atoms with Gasteiger partial charge in [0, 0.05) is 24.8 Å². The number of nitrogens with zero attached hydrogens (tertiary/aromatic N) is 6. The van der Waals surface area contributed by atoms with Crippen molar-refractivity contribution in [2.45, 2.75) is 6.54 Å². The highest BCUT2D eigenvalue weighted by Gasteiger charge is 2.08. The Hall–Kier alpha value is -3.16. The Labute approximate surface area is 119 Å². The standard InChI is InChI=1S/C13H11N7O/c21-13(12-8-15-5-6-16-12)17-7-10-9-20(19-18-10)11-1-3-14-4-2-11/h1-6,8-9H,7H2,(H,17,21). The molecule has 3 aromatic heterocycles. The van der Waals surface area contributed by atoms with Crippen LogP contribution in [0.25, 0.3) is 5.69 Å². The molecule has 0 fully saturated rings. The third kappa shape index (κ3) is 3.06. The summed E-state index contributed by atoms with van der Waals surface area (Å²) in [4.78, 5) is 23.5. The lowest BCUT2D eigenvalue weighted by atomic mass is 10.4. The first-order chi connectivity index (χ1) is 10.3. The van der Waals surface area contributed by atoms with Crippen molar-refractivity contribution in [3.05, 3.63) is 60.7 Å². The van der Waals surface area contributed by atoms with Crippen LogP contribution in [0.15, 0.2) is 49.3 Å². The second-order valence-electron chi connectivity index (χ2n) is 4.13. The maximum absolute atomic E-state index is 11.8. The van der Waals surface area contributed by atoms with Gasteiger partial charge in [-0.05, 0) is 12.1 Å². The Bertz CT molecular complexity index is 727. The quantitative estimate of drug-likeness (QED) is 0.742. The highest BCUT2D eigenvalue weighted by Crippen LogP contribution is 2.04. The van der Waals surface area contributed by atoms with Crippen molar-refractivity contribution in [2.75, 3.05) is 0 Å². The van der Waals surface area contributed by atoms with Crippen LogP contribution in [0.5, 0.6) is 0 Å². The van der Waals surface area contributed by atoms with E-state index in [2.05, 4.69) is 30.6 Å². The van der Waals surface area contributed by atoms with Crippen LogP contribution in [0, 0.1) is 0 Å². The molecule has 1 amide bonds. The molecule has 8 heteroatoms. The predicted octanol–water partition coefficient (Wildman–Crippen LogP) is 0.382. The lowest BCUT2D eigenvalue weighted by molar-refractivity contribution is 0.0945. The summed E-state index contributed by atoms with van der Waals surface area (Å²) in [6, 6.07) is 3.63. The molecule has 3 rings (SSSR count). The van der Waals surface area contributed by atoms with E-state index in [1.807, 2.05) is 12.1 Å². The Balaban J connectivity index is 1.64. The zero-order valence-electron chi connectivity index (χ0n) is 10.9. The number of rotatable bonds is 4. The number of amides is 1. The van der Waals surface area contributed by atoms with Crippen molar-refractivity contribution >= 4 is 5.91 Å². The molecule has 3 aromatic rings. The molecule has 3 heterocycles. The molecular formula is C13H11N7O. The average Bonchev–Trinajstić information content (AvgIpc) is 3.03. The van der Waals surface area contributed by atoms with Gasteiger partial charge >= 0.3 is 0 Å². The summed E-state index contributed by atoms with van der Waals surface area (Å²) in [6.07, 6.45) is 9.47. The van der Waals surface area contributed by atoms with Gasteiger partial charge in [-0.2, -0.15) is 0 Å². The molecule has 0 unspecified atom stereocenters. The molecule has 104 valence electrons. The van der Waals surface area contributed by atoms with Crippen LogP contribution in [0.2, 0.25) is 0 Å². The van der Waals surface area contributed by atoms with Crippen molar-refractivity contribution in [2.24, 2.45) is 0 Å². The third-order valence-electron chi connectivity index (χ3n) is 2.69. The fourth-order valence-corrected chi connectivity index (χ4v) is 1.68. The third-order valence-corrected chi connectivity index (χ3v) is 2.69. The second-order valence-corrected chi connectivity index (χ2v) is 4.13. The Morgan fingerprint density at radius 3 is 2.76 bits per heavy atom. The van der Waals surface area contributed by atoms with Crippen molar-refractivity contribution in [1.82, 2.24) is 35.3 Å². The molecule has 21 heavy (non-hydrogen) atoms. The van der Waals surface area contributed by atoms with Crippen molar-refractivity contribution in [1.29, 1.82) is 0 Å². The smallest absolute Gasteiger partial charge is 0.271 e. The van der Waals surface area contributed by atoms with Crippen molar-refractivity contribution < 1.29 is 4.79 Å². The molecule has 0 aromatic carbocycles. The van der Waals surface area contributed by atoms with Gasteiger partial charge in [0.05, 0.1) is 24.6 Å². The van der Waals surface area contributed by atoms with E-state index in [9.17, 15) is 4.79 Å². The Kier molecular flexibility index (Phi) is 3.59. The molecule has 0 spiro atoms. The van der Waals surface area contributed by atoms with Gasteiger partial charge in [0.25, 0.3) is 5.91 Å². The van der Waals surface area contributed by atoms with E-state index in [1.165, 1.54) is 18.6 Å². The van der Waals surface area contributed by atoms with E-state index >= 15 is 0 Å². The van der Waals surface area contributed by atoms with Gasteiger partial charge < -0.3 is 5.32 Å². The number of pyridine rings is 1. The first-order valence-electron chi connectivity index (χ1n) is 6.19. The largest absolute Gasteiger partial charge is 0.345 e. The Morgan fingerprint density at radius 2 is 2.00 bits per heavy atom. The molecule has 0 atom stereocenters. The van der Waals surface area contributed by atoms with Crippen LogP contribution in [0.3, 0.4) is 0 Å². The minimum atomic E-state index is -0.304. The van der Waals surface area contributed by atoms with Gasteiger partial charge in [0.2, 0.25) is 0 Å². The number of aromatic nitrogens is 6. The van der Waals surface area contributed by atoms with E-state index in [1.54, 1.807) is 23.3 Å². The summed E-state index contributed by atoms with van der Waals surface area (Å²) in [5.41, 5.74) is 1.76. The number of carbonyl (C=O) groups is 1. The average molecular weight is 281 g/mol. The predicted molar refractivity (Wildman–Crippen MR) is 72.4 cm³/mol. The summed E-state index contributed by atoms with van der Waals surface area (Å²) in [7, 11) is 0. The molecule has 0 aliphatic rings. The zero-order valence-corrected chi connectivity index (χ0v) is 10.9. The molecular weight excluding hydrogens is 270 g/mol. The van der Waals surface area contributed by atoms with Gasteiger partial charge in [-0.25, -0.2) is 9.67 Å². The number of hydrogen-bond acceptors (Lipinski definition) is 6. The summed E-state index contributed by atoms with van der Waals surface area (Å²) in [5, 5.41) is 10.7. The van der Waals surface area contributed by atoms with E-state index < -0.39 is 0 Å². The van der Waals surface area contributed by atoms with Gasteiger partial charge in [0.1, 0.15) is 11.4 Å². The lowest BCUT2D eigenvalue weighted by Gasteiger charge is -2.01. The lowest BCUT2D eigenvalue weighted by Crippen LogP contribution is -2.24. The normalized spacial score (nSPS) is 10.3. The molecule has 0 aliphatic carbocycles. The van der Waals surface area contributed by atoms with Gasteiger partial charge in [-0.15, -0.1) is 5.10 Å². The minimum absolute atomic E-state index is 0.263. The van der Waals surface area contributed by atoms with Crippen LogP contribution >= 0.6 is 0 Å². The van der Waals surface area contributed by atoms with Crippen LogP contribution < -0.4 is 5.32 Å².